The van der Waals surface area contributed by atoms with Gasteiger partial charge in [0.15, 0.2) is 6.10 Å². The number of methoxy groups -OCH3 is 1. The summed E-state index contributed by atoms with van der Waals surface area (Å²) in [7, 11) is 1.48. The molecule has 1 aromatic rings. The summed E-state index contributed by atoms with van der Waals surface area (Å²) in [4.78, 5) is 36.6. The standard InChI is InChI=1S/C16H20N2O7/c1-4-13-15(19)17(10(2)16(20)24-8-7-23-3)12-9-11(18(21)22)5-6-14(12)25-13/h5-6,9-10,13H,4,7-8H2,1-3H3. The maximum atomic E-state index is 12.7. The van der Waals surface area contributed by atoms with Crippen LogP contribution in [0.1, 0.15) is 20.3 Å². The Labute approximate surface area is 144 Å². The van der Waals surface area contributed by atoms with E-state index in [0.29, 0.717) is 12.2 Å². The van der Waals surface area contributed by atoms with Crippen LogP contribution in [0.5, 0.6) is 5.75 Å². The van der Waals surface area contributed by atoms with Gasteiger partial charge >= 0.3 is 5.97 Å². The zero-order chi connectivity index (χ0) is 18.6. The number of carbonyl (C=O) groups excluding carboxylic acids is 2. The number of carbonyl (C=O) groups is 2. The molecule has 0 saturated heterocycles. The zero-order valence-electron chi connectivity index (χ0n) is 14.3. The van der Waals surface area contributed by atoms with E-state index in [1.807, 2.05) is 0 Å². The highest BCUT2D eigenvalue weighted by Crippen LogP contribution is 2.38. The Bertz CT molecular complexity index is 676. The first-order chi connectivity index (χ1) is 11.9. The lowest BCUT2D eigenvalue weighted by atomic mass is 10.1. The van der Waals surface area contributed by atoms with Gasteiger partial charge in [0.25, 0.3) is 11.6 Å². The van der Waals surface area contributed by atoms with Gasteiger partial charge in [-0.1, -0.05) is 6.92 Å². The summed E-state index contributed by atoms with van der Waals surface area (Å²) in [6.07, 6.45) is -0.361. The van der Waals surface area contributed by atoms with E-state index in [9.17, 15) is 19.7 Å². The third-order valence-electron chi connectivity index (χ3n) is 3.83. The Morgan fingerprint density at radius 2 is 2.16 bits per heavy atom. The molecule has 0 aliphatic carbocycles. The molecule has 1 heterocycles. The molecular formula is C16H20N2O7. The second-order valence-electron chi connectivity index (χ2n) is 5.47. The normalized spacial score (nSPS) is 17.5. The van der Waals surface area contributed by atoms with Gasteiger partial charge < -0.3 is 14.2 Å². The number of non-ortho nitro benzene ring substituents is 1. The molecular weight excluding hydrogens is 332 g/mol. The molecule has 2 rings (SSSR count). The van der Waals surface area contributed by atoms with Crippen LogP contribution in [-0.4, -0.2) is 49.3 Å². The van der Waals surface area contributed by atoms with Crippen LogP contribution in [0.25, 0.3) is 0 Å². The molecule has 1 amide bonds. The molecule has 9 heteroatoms. The van der Waals surface area contributed by atoms with Crippen LogP contribution in [0.2, 0.25) is 0 Å². The monoisotopic (exact) mass is 352 g/mol. The van der Waals surface area contributed by atoms with Gasteiger partial charge in [-0.3, -0.25) is 19.8 Å². The Morgan fingerprint density at radius 3 is 2.76 bits per heavy atom. The van der Waals surface area contributed by atoms with E-state index in [2.05, 4.69) is 0 Å². The minimum absolute atomic E-state index is 0.0528. The van der Waals surface area contributed by atoms with E-state index in [0.717, 1.165) is 0 Å². The number of hydrogen-bond donors (Lipinski definition) is 0. The van der Waals surface area contributed by atoms with Crippen LogP contribution in [0.4, 0.5) is 11.4 Å². The van der Waals surface area contributed by atoms with Crippen molar-refractivity contribution < 1.29 is 28.7 Å². The number of anilines is 1. The number of nitro benzene ring substituents is 1. The number of nitro groups is 1. The molecule has 1 aromatic carbocycles. The number of fused-ring (bicyclic) bond motifs is 1. The summed E-state index contributed by atoms with van der Waals surface area (Å²) in [5.41, 5.74) is -0.0184. The van der Waals surface area contributed by atoms with Crippen molar-refractivity contribution in [1.29, 1.82) is 0 Å². The Morgan fingerprint density at radius 1 is 1.44 bits per heavy atom. The van der Waals surface area contributed by atoms with Gasteiger partial charge in [0.05, 0.1) is 17.2 Å². The lowest BCUT2D eigenvalue weighted by molar-refractivity contribution is -0.384. The molecule has 0 spiro atoms. The van der Waals surface area contributed by atoms with Crippen molar-refractivity contribution in [3.05, 3.63) is 28.3 Å². The highest BCUT2D eigenvalue weighted by atomic mass is 16.6. The van der Waals surface area contributed by atoms with Gasteiger partial charge in [-0.2, -0.15) is 0 Å². The molecule has 0 saturated carbocycles. The van der Waals surface area contributed by atoms with E-state index in [1.54, 1.807) is 6.92 Å². The average molecular weight is 352 g/mol. The second-order valence-corrected chi connectivity index (χ2v) is 5.47. The molecule has 1 aliphatic rings. The van der Waals surface area contributed by atoms with Gasteiger partial charge in [-0.05, 0) is 19.4 Å². The molecule has 2 unspecified atom stereocenters. The van der Waals surface area contributed by atoms with Crippen molar-refractivity contribution >= 4 is 23.3 Å². The fourth-order valence-electron chi connectivity index (χ4n) is 2.49. The predicted molar refractivity (Wildman–Crippen MR) is 87.6 cm³/mol. The van der Waals surface area contributed by atoms with E-state index < -0.39 is 28.9 Å². The average Bonchev–Trinajstić information content (AvgIpc) is 2.60. The lowest BCUT2D eigenvalue weighted by Crippen LogP contribution is -2.52. The van der Waals surface area contributed by atoms with Crippen molar-refractivity contribution in [3.8, 4) is 5.75 Å². The summed E-state index contributed by atoms with van der Waals surface area (Å²) in [6, 6.07) is 2.99. The van der Waals surface area contributed by atoms with E-state index >= 15 is 0 Å². The van der Waals surface area contributed by atoms with Crippen molar-refractivity contribution in [3.63, 3.8) is 0 Å². The smallest absolute Gasteiger partial charge is 0.329 e. The number of rotatable bonds is 7. The highest BCUT2D eigenvalue weighted by Gasteiger charge is 2.39. The molecule has 9 nitrogen and oxygen atoms in total. The van der Waals surface area contributed by atoms with E-state index in [1.165, 1.54) is 37.1 Å². The van der Waals surface area contributed by atoms with Gasteiger partial charge in [0.2, 0.25) is 0 Å². The first-order valence-electron chi connectivity index (χ1n) is 7.84. The molecule has 0 fully saturated rings. The predicted octanol–water partition coefficient (Wildman–Crippen LogP) is 1.68. The van der Waals surface area contributed by atoms with Crippen molar-refractivity contribution in [2.24, 2.45) is 0 Å². The molecule has 2 atom stereocenters. The SMILES string of the molecule is CCC1Oc2ccc([N+](=O)[O-])cc2N(C(C)C(=O)OCCOC)C1=O. The van der Waals surface area contributed by atoms with Crippen LogP contribution in [0, 0.1) is 10.1 Å². The van der Waals surface area contributed by atoms with Crippen LogP contribution in [-0.2, 0) is 19.1 Å². The van der Waals surface area contributed by atoms with Crippen LogP contribution in [0.3, 0.4) is 0 Å². The zero-order valence-corrected chi connectivity index (χ0v) is 14.3. The summed E-state index contributed by atoms with van der Waals surface area (Å²) < 4.78 is 15.5. The van der Waals surface area contributed by atoms with Crippen LogP contribution < -0.4 is 9.64 Å². The number of hydrogen-bond acceptors (Lipinski definition) is 7. The van der Waals surface area contributed by atoms with Crippen LogP contribution >= 0.6 is 0 Å². The molecule has 136 valence electrons. The number of esters is 1. The summed E-state index contributed by atoms with van der Waals surface area (Å²) in [5, 5.41) is 11.0. The van der Waals surface area contributed by atoms with Gasteiger partial charge in [-0.25, -0.2) is 4.79 Å². The van der Waals surface area contributed by atoms with E-state index in [-0.39, 0.29) is 24.6 Å². The Hall–Kier alpha value is -2.68. The molecule has 1 aliphatic heterocycles. The third kappa shape index (κ3) is 3.87. The Kier molecular flexibility index (Phi) is 5.92. The highest BCUT2D eigenvalue weighted by molar-refractivity contribution is 6.04. The fourth-order valence-corrected chi connectivity index (χ4v) is 2.49. The van der Waals surface area contributed by atoms with Crippen molar-refractivity contribution in [2.45, 2.75) is 32.4 Å². The molecule has 0 bridgehead atoms. The summed E-state index contributed by atoms with van der Waals surface area (Å²) >= 11 is 0. The van der Waals surface area contributed by atoms with Gasteiger partial charge in [-0.15, -0.1) is 0 Å². The topological polar surface area (TPSA) is 108 Å². The number of benzene rings is 1. The van der Waals surface area contributed by atoms with Gasteiger partial charge in [0.1, 0.15) is 18.4 Å². The van der Waals surface area contributed by atoms with Gasteiger partial charge in [0, 0.05) is 19.2 Å². The van der Waals surface area contributed by atoms with Crippen LogP contribution in [0.15, 0.2) is 18.2 Å². The van der Waals surface area contributed by atoms with E-state index in [4.69, 9.17) is 14.2 Å². The summed E-state index contributed by atoms with van der Waals surface area (Å²) in [6.45, 7) is 3.57. The fraction of sp³-hybridized carbons (Fsp3) is 0.500. The molecule has 0 radical (unpaired) electrons. The number of amides is 1. The van der Waals surface area contributed by atoms with Crippen molar-refractivity contribution in [2.75, 3.05) is 25.2 Å². The maximum Gasteiger partial charge on any atom is 0.329 e. The maximum absolute atomic E-state index is 12.7. The molecule has 0 N–H and O–H groups in total. The first kappa shape index (κ1) is 18.7. The number of nitrogens with zero attached hydrogens (tertiary/aromatic N) is 2. The second kappa shape index (κ2) is 7.93. The minimum atomic E-state index is -0.955. The first-order valence-corrected chi connectivity index (χ1v) is 7.84. The minimum Gasteiger partial charge on any atom is -0.478 e. The number of ether oxygens (including phenoxy) is 3. The quantitative estimate of drug-likeness (QED) is 0.318. The third-order valence-corrected chi connectivity index (χ3v) is 3.83. The lowest BCUT2D eigenvalue weighted by Gasteiger charge is -2.36. The largest absolute Gasteiger partial charge is 0.478 e. The van der Waals surface area contributed by atoms with Crippen molar-refractivity contribution in [1.82, 2.24) is 0 Å². The Balaban J connectivity index is 2.37. The summed E-state index contributed by atoms with van der Waals surface area (Å²) in [5.74, 6) is -0.750. The molecule has 0 aromatic heterocycles. The molecule has 25 heavy (non-hydrogen) atoms.